The molecule has 0 radical (unpaired) electrons. The first-order chi connectivity index (χ1) is 7.26. The first-order valence-corrected chi connectivity index (χ1v) is 5.31. The number of aromatic nitrogens is 2. The van der Waals surface area contributed by atoms with Crippen LogP contribution in [0.15, 0.2) is 6.07 Å². The van der Waals surface area contributed by atoms with Crippen LogP contribution in [0, 0.1) is 0 Å². The lowest BCUT2D eigenvalue weighted by Crippen LogP contribution is -2.28. The molecule has 0 saturated carbocycles. The predicted octanol–water partition coefficient (Wildman–Crippen LogP) is 0.910. The average Bonchev–Trinajstić information content (AvgIpc) is 2.66. The molecule has 0 unspecified atom stereocenters. The Balaban J connectivity index is 2.31. The van der Waals surface area contributed by atoms with Crippen molar-refractivity contribution in [1.29, 1.82) is 0 Å². The van der Waals surface area contributed by atoms with E-state index in [0.29, 0.717) is 12.4 Å². The highest BCUT2D eigenvalue weighted by atomic mass is 16.2. The van der Waals surface area contributed by atoms with E-state index in [1.807, 2.05) is 13.0 Å². The van der Waals surface area contributed by atoms with Crippen LogP contribution in [0.4, 0.5) is 5.82 Å². The van der Waals surface area contributed by atoms with Gasteiger partial charge < -0.3 is 10.6 Å². The van der Waals surface area contributed by atoms with Gasteiger partial charge in [0.2, 0.25) is 5.91 Å². The summed E-state index contributed by atoms with van der Waals surface area (Å²) in [6.07, 6.45) is 1.91. The molecule has 1 aromatic heterocycles. The van der Waals surface area contributed by atoms with Gasteiger partial charge in [-0.2, -0.15) is 5.10 Å². The van der Waals surface area contributed by atoms with Crippen molar-refractivity contribution < 1.29 is 4.79 Å². The molecule has 5 heteroatoms. The number of H-pyrrole nitrogens is 1. The van der Waals surface area contributed by atoms with E-state index in [4.69, 9.17) is 0 Å². The van der Waals surface area contributed by atoms with E-state index in [-0.39, 0.29) is 5.91 Å². The van der Waals surface area contributed by atoms with E-state index in [1.165, 1.54) is 0 Å². The van der Waals surface area contributed by atoms with Crippen LogP contribution in [-0.4, -0.2) is 29.2 Å². The average molecular weight is 210 g/mol. The van der Waals surface area contributed by atoms with Crippen molar-refractivity contribution in [1.82, 2.24) is 15.5 Å². The summed E-state index contributed by atoms with van der Waals surface area (Å²) in [4.78, 5) is 11.4. The van der Waals surface area contributed by atoms with Gasteiger partial charge in [0.1, 0.15) is 0 Å². The van der Waals surface area contributed by atoms with Crippen molar-refractivity contribution in [3.05, 3.63) is 11.8 Å². The molecule has 84 valence electrons. The summed E-state index contributed by atoms with van der Waals surface area (Å²) < 4.78 is 0. The Labute approximate surface area is 89.6 Å². The normalized spacial score (nSPS) is 10.3. The third-order valence-corrected chi connectivity index (χ3v) is 1.99. The Morgan fingerprint density at radius 1 is 1.53 bits per heavy atom. The number of nitrogens with zero attached hydrogens (tertiary/aromatic N) is 1. The van der Waals surface area contributed by atoms with Crippen molar-refractivity contribution in [3.8, 4) is 0 Å². The zero-order chi connectivity index (χ0) is 11.1. The van der Waals surface area contributed by atoms with Crippen LogP contribution in [0.1, 0.15) is 26.0 Å². The number of aryl methyl sites for hydroxylation is 1. The van der Waals surface area contributed by atoms with E-state index >= 15 is 0 Å². The molecule has 3 N–H and O–H groups in total. The van der Waals surface area contributed by atoms with Crippen LogP contribution < -0.4 is 10.6 Å². The summed E-state index contributed by atoms with van der Waals surface area (Å²) in [5.41, 5.74) is 1.02. The minimum absolute atomic E-state index is 0.0578. The van der Waals surface area contributed by atoms with Crippen molar-refractivity contribution in [2.75, 3.05) is 18.4 Å². The number of hydrogen-bond acceptors (Lipinski definition) is 3. The summed E-state index contributed by atoms with van der Waals surface area (Å²) in [5, 5.41) is 12.6. The lowest BCUT2D eigenvalue weighted by Gasteiger charge is -2.02. The molecule has 0 aliphatic rings. The fourth-order valence-electron chi connectivity index (χ4n) is 1.17. The van der Waals surface area contributed by atoms with Gasteiger partial charge in [-0.25, -0.2) is 0 Å². The maximum atomic E-state index is 11.4. The second kappa shape index (κ2) is 6.19. The fraction of sp³-hybridized carbons (Fsp3) is 0.600. The minimum atomic E-state index is -0.0578. The highest BCUT2D eigenvalue weighted by molar-refractivity contribution is 5.91. The summed E-state index contributed by atoms with van der Waals surface area (Å²) in [6.45, 7) is 5.28. The van der Waals surface area contributed by atoms with E-state index < -0.39 is 0 Å². The lowest BCUT2D eigenvalue weighted by molar-refractivity contribution is -0.115. The van der Waals surface area contributed by atoms with Gasteiger partial charge in [0.05, 0.1) is 6.54 Å². The standard InChI is InChI=1S/C10H18N4O/c1-3-5-11-7-10(15)12-9-6-8(4-2)13-14-9/h6,11H,3-5,7H2,1-2H3,(H2,12,13,14,15). The minimum Gasteiger partial charge on any atom is -0.308 e. The molecule has 0 aliphatic heterocycles. The predicted molar refractivity (Wildman–Crippen MR) is 59.8 cm³/mol. The maximum absolute atomic E-state index is 11.4. The summed E-state index contributed by atoms with van der Waals surface area (Å²) in [6, 6.07) is 1.84. The van der Waals surface area contributed by atoms with Gasteiger partial charge in [-0.05, 0) is 19.4 Å². The second-order valence-electron chi connectivity index (χ2n) is 3.36. The molecule has 0 spiro atoms. The molecule has 1 rings (SSSR count). The Bertz CT molecular complexity index is 308. The smallest absolute Gasteiger partial charge is 0.239 e. The molecule has 0 aromatic carbocycles. The summed E-state index contributed by atoms with van der Waals surface area (Å²) in [7, 11) is 0. The van der Waals surface area contributed by atoms with Gasteiger partial charge >= 0.3 is 0 Å². The Hall–Kier alpha value is -1.36. The third kappa shape index (κ3) is 4.12. The third-order valence-electron chi connectivity index (χ3n) is 1.99. The number of carbonyl (C=O) groups excluding carboxylic acids is 1. The molecular formula is C10H18N4O. The zero-order valence-corrected chi connectivity index (χ0v) is 9.26. The van der Waals surface area contributed by atoms with Crippen LogP contribution in [0.3, 0.4) is 0 Å². The van der Waals surface area contributed by atoms with E-state index in [9.17, 15) is 4.79 Å². The first-order valence-electron chi connectivity index (χ1n) is 5.31. The van der Waals surface area contributed by atoms with Crippen molar-refractivity contribution >= 4 is 11.7 Å². The van der Waals surface area contributed by atoms with Crippen molar-refractivity contribution in [2.24, 2.45) is 0 Å². The second-order valence-corrected chi connectivity index (χ2v) is 3.36. The van der Waals surface area contributed by atoms with E-state index in [1.54, 1.807) is 0 Å². The van der Waals surface area contributed by atoms with Crippen LogP contribution in [0.25, 0.3) is 0 Å². The van der Waals surface area contributed by atoms with Gasteiger partial charge in [0.15, 0.2) is 5.82 Å². The first kappa shape index (κ1) is 11.7. The van der Waals surface area contributed by atoms with Gasteiger partial charge in [-0.15, -0.1) is 0 Å². The highest BCUT2D eigenvalue weighted by Crippen LogP contribution is 2.04. The number of hydrogen-bond donors (Lipinski definition) is 3. The van der Waals surface area contributed by atoms with E-state index in [0.717, 1.165) is 25.1 Å². The van der Waals surface area contributed by atoms with Gasteiger partial charge in [-0.1, -0.05) is 13.8 Å². The van der Waals surface area contributed by atoms with Crippen molar-refractivity contribution in [3.63, 3.8) is 0 Å². The highest BCUT2D eigenvalue weighted by Gasteiger charge is 2.04. The van der Waals surface area contributed by atoms with Crippen LogP contribution in [-0.2, 0) is 11.2 Å². The zero-order valence-electron chi connectivity index (χ0n) is 9.26. The molecule has 0 bridgehead atoms. The Morgan fingerprint density at radius 3 is 2.93 bits per heavy atom. The monoisotopic (exact) mass is 210 g/mol. The number of aromatic amines is 1. The number of anilines is 1. The Morgan fingerprint density at radius 2 is 2.33 bits per heavy atom. The van der Waals surface area contributed by atoms with Crippen LogP contribution >= 0.6 is 0 Å². The molecule has 0 fully saturated rings. The molecular weight excluding hydrogens is 192 g/mol. The topological polar surface area (TPSA) is 69.8 Å². The fourth-order valence-corrected chi connectivity index (χ4v) is 1.17. The van der Waals surface area contributed by atoms with Crippen molar-refractivity contribution in [2.45, 2.75) is 26.7 Å². The number of amides is 1. The molecule has 0 aliphatic carbocycles. The molecule has 1 aromatic rings. The molecule has 0 saturated heterocycles. The summed E-state index contributed by atoms with van der Waals surface area (Å²) in [5.74, 6) is 0.535. The molecule has 0 atom stereocenters. The van der Waals surface area contributed by atoms with Gasteiger partial charge in [0, 0.05) is 11.8 Å². The molecule has 15 heavy (non-hydrogen) atoms. The van der Waals surface area contributed by atoms with Crippen LogP contribution in [0.5, 0.6) is 0 Å². The molecule has 1 heterocycles. The van der Waals surface area contributed by atoms with Gasteiger partial charge in [-0.3, -0.25) is 9.89 Å². The van der Waals surface area contributed by atoms with Crippen LogP contribution in [0.2, 0.25) is 0 Å². The summed E-state index contributed by atoms with van der Waals surface area (Å²) >= 11 is 0. The van der Waals surface area contributed by atoms with E-state index in [2.05, 4.69) is 27.8 Å². The quantitative estimate of drug-likeness (QED) is 0.611. The SMILES string of the molecule is CCCNCC(=O)Nc1cc(CC)[nH]n1. The number of carbonyl (C=O) groups is 1. The number of nitrogens with one attached hydrogen (secondary N) is 3. The lowest BCUT2D eigenvalue weighted by atomic mass is 10.3. The maximum Gasteiger partial charge on any atom is 0.239 e. The molecule has 5 nitrogen and oxygen atoms in total. The largest absolute Gasteiger partial charge is 0.308 e. The number of rotatable bonds is 6. The molecule has 1 amide bonds. The Kier molecular flexibility index (Phi) is 4.83. The van der Waals surface area contributed by atoms with Gasteiger partial charge in [0.25, 0.3) is 0 Å².